The van der Waals surface area contributed by atoms with Crippen LogP contribution in [0.1, 0.15) is 18.9 Å². The summed E-state index contributed by atoms with van der Waals surface area (Å²) < 4.78 is 45.8. The van der Waals surface area contributed by atoms with Crippen LogP contribution in [-0.4, -0.2) is 39.6 Å². The third-order valence-corrected chi connectivity index (χ3v) is 6.08. The lowest BCUT2D eigenvalue weighted by Crippen LogP contribution is -2.23. The van der Waals surface area contributed by atoms with Crippen molar-refractivity contribution >= 4 is 35.0 Å². The Morgan fingerprint density at radius 3 is 2.67 bits per heavy atom. The summed E-state index contributed by atoms with van der Waals surface area (Å²) >= 11 is 7.49. The number of aromatic nitrogens is 3. The summed E-state index contributed by atoms with van der Waals surface area (Å²) in [6, 6.07) is 11.7. The third-order valence-electron chi connectivity index (χ3n) is 4.67. The van der Waals surface area contributed by atoms with Gasteiger partial charge in [0.15, 0.2) is 11.0 Å². The minimum atomic E-state index is -4.49. The molecule has 1 aromatic heterocycles. The molecular formula is C22H22ClF3N4O2S. The lowest BCUT2D eigenvalue weighted by Gasteiger charge is -2.15. The number of carbonyl (C=O) groups excluding carboxylic acids is 1. The van der Waals surface area contributed by atoms with Crippen molar-refractivity contribution in [3.63, 3.8) is 0 Å². The van der Waals surface area contributed by atoms with Crippen LogP contribution in [0.2, 0.25) is 5.02 Å². The number of hydrogen-bond donors (Lipinski definition) is 1. The van der Waals surface area contributed by atoms with Gasteiger partial charge in [0.25, 0.3) is 0 Å². The van der Waals surface area contributed by atoms with Gasteiger partial charge in [0.2, 0.25) is 5.91 Å². The molecule has 0 saturated heterocycles. The highest BCUT2D eigenvalue weighted by Gasteiger charge is 2.30. The number of amides is 1. The lowest BCUT2D eigenvalue weighted by atomic mass is 10.2. The lowest BCUT2D eigenvalue weighted by molar-refractivity contribution is -0.137. The number of carbonyl (C=O) groups is 1. The van der Waals surface area contributed by atoms with Gasteiger partial charge in [-0.3, -0.25) is 4.79 Å². The topological polar surface area (TPSA) is 69.0 Å². The van der Waals surface area contributed by atoms with Crippen molar-refractivity contribution in [2.24, 2.45) is 0 Å². The molecule has 0 aliphatic heterocycles. The Bertz CT molecular complexity index is 1110. The molecule has 1 unspecified atom stereocenters. The predicted molar refractivity (Wildman–Crippen MR) is 122 cm³/mol. The first-order valence-corrected chi connectivity index (χ1v) is 11.3. The molecule has 1 heterocycles. The van der Waals surface area contributed by atoms with Crippen LogP contribution in [0.25, 0.3) is 11.4 Å². The summed E-state index contributed by atoms with van der Waals surface area (Å²) in [6.07, 6.45) is -3.81. The van der Waals surface area contributed by atoms with Crippen LogP contribution in [0.5, 0.6) is 0 Å². The predicted octanol–water partition coefficient (Wildman–Crippen LogP) is 5.77. The van der Waals surface area contributed by atoms with Crippen molar-refractivity contribution in [1.29, 1.82) is 0 Å². The molecule has 0 bridgehead atoms. The summed E-state index contributed by atoms with van der Waals surface area (Å²) in [5.74, 6) is 0.106. The number of anilines is 1. The number of halogens is 4. The Morgan fingerprint density at radius 1 is 1.21 bits per heavy atom. The van der Waals surface area contributed by atoms with E-state index in [4.69, 9.17) is 16.3 Å². The number of rotatable bonds is 9. The van der Waals surface area contributed by atoms with Crippen LogP contribution >= 0.6 is 23.4 Å². The number of hydrogen-bond acceptors (Lipinski definition) is 5. The van der Waals surface area contributed by atoms with Gasteiger partial charge < -0.3 is 14.6 Å². The normalized spacial score (nSPS) is 12.5. The highest BCUT2D eigenvalue weighted by Crippen LogP contribution is 2.32. The van der Waals surface area contributed by atoms with Crippen molar-refractivity contribution in [2.75, 3.05) is 19.0 Å². The fourth-order valence-corrected chi connectivity index (χ4v) is 4.11. The number of nitrogens with zero attached hydrogens (tertiary/aromatic N) is 3. The molecule has 3 rings (SSSR count). The van der Waals surface area contributed by atoms with Gasteiger partial charge in [-0.15, -0.1) is 10.2 Å². The Kier molecular flexibility index (Phi) is 8.39. The summed E-state index contributed by atoms with van der Waals surface area (Å²) in [5, 5.41) is 11.4. The minimum absolute atomic E-state index is 0.0700. The van der Waals surface area contributed by atoms with Gasteiger partial charge in [-0.05, 0) is 43.7 Å². The van der Waals surface area contributed by atoms with Crippen LogP contribution in [0.3, 0.4) is 0 Å². The third kappa shape index (κ3) is 6.49. The first-order chi connectivity index (χ1) is 15.7. The standard InChI is InChI=1S/C22H22ClF3N4O2S/c1-14(20(31)27-16-8-5-7-15(13-16)22(24,25)26)33-21-29-28-19(30(21)11-6-12-32-2)17-9-3-4-10-18(17)23/h3-5,7-10,13-14H,6,11-12H2,1-2H3,(H,27,31). The molecule has 0 aliphatic rings. The number of alkyl halides is 3. The van der Waals surface area contributed by atoms with E-state index < -0.39 is 22.9 Å². The first-order valence-electron chi connectivity index (χ1n) is 10.0. The number of benzene rings is 2. The number of thioether (sulfide) groups is 1. The van der Waals surface area contributed by atoms with E-state index in [0.717, 1.165) is 23.9 Å². The van der Waals surface area contributed by atoms with Gasteiger partial charge in [-0.1, -0.05) is 41.6 Å². The second kappa shape index (κ2) is 11.0. The number of ether oxygens (including phenoxy) is 1. The molecule has 0 aliphatic carbocycles. The van der Waals surface area contributed by atoms with E-state index in [1.54, 1.807) is 20.1 Å². The van der Waals surface area contributed by atoms with E-state index in [0.29, 0.717) is 41.1 Å². The smallest absolute Gasteiger partial charge is 0.385 e. The summed E-state index contributed by atoms with van der Waals surface area (Å²) in [6.45, 7) is 2.71. The maximum atomic E-state index is 12.9. The van der Waals surface area contributed by atoms with Gasteiger partial charge in [-0.25, -0.2) is 0 Å². The SMILES string of the molecule is COCCCn1c(SC(C)C(=O)Nc2cccc(C(F)(F)F)c2)nnc1-c1ccccc1Cl. The van der Waals surface area contributed by atoms with Crippen molar-refractivity contribution < 1.29 is 22.7 Å². The largest absolute Gasteiger partial charge is 0.416 e. The zero-order chi connectivity index (χ0) is 24.0. The fourth-order valence-electron chi connectivity index (χ4n) is 3.02. The summed E-state index contributed by atoms with van der Waals surface area (Å²) in [4.78, 5) is 12.7. The van der Waals surface area contributed by atoms with E-state index >= 15 is 0 Å². The van der Waals surface area contributed by atoms with E-state index in [2.05, 4.69) is 15.5 Å². The Balaban J connectivity index is 1.79. The average Bonchev–Trinajstić information content (AvgIpc) is 3.16. The second-order valence-electron chi connectivity index (χ2n) is 7.11. The molecule has 0 fully saturated rings. The molecule has 1 atom stereocenters. The fraction of sp³-hybridized carbons (Fsp3) is 0.318. The Hall–Kier alpha value is -2.56. The highest BCUT2D eigenvalue weighted by atomic mass is 35.5. The van der Waals surface area contributed by atoms with Gasteiger partial charge in [0, 0.05) is 31.5 Å². The van der Waals surface area contributed by atoms with E-state index in [1.165, 1.54) is 12.1 Å². The summed E-state index contributed by atoms with van der Waals surface area (Å²) in [7, 11) is 1.61. The molecule has 33 heavy (non-hydrogen) atoms. The average molecular weight is 499 g/mol. The second-order valence-corrected chi connectivity index (χ2v) is 8.83. The van der Waals surface area contributed by atoms with Gasteiger partial charge in [-0.2, -0.15) is 13.2 Å². The molecule has 0 saturated carbocycles. The van der Waals surface area contributed by atoms with Crippen LogP contribution < -0.4 is 5.32 Å². The maximum Gasteiger partial charge on any atom is 0.416 e. The quantitative estimate of drug-likeness (QED) is 0.299. The first kappa shape index (κ1) is 25.1. The van der Waals surface area contributed by atoms with Crippen LogP contribution in [0.4, 0.5) is 18.9 Å². The van der Waals surface area contributed by atoms with Crippen molar-refractivity contribution in [1.82, 2.24) is 14.8 Å². The van der Waals surface area contributed by atoms with Gasteiger partial charge in [0.05, 0.1) is 15.8 Å². The molecule has 0 spiro atoms. The molecule has 1 amide bonds. The van der Waals surface area contributed by atoms with Crippen LogP contribution in [-0.2, 0) is 22.3 Å². The molecule has 2 aromatic carbocycles. The molecule has 1 N–H and O–H groups in total. The van der Waals surface area contributed by atoms with Gasteiger partial charge in [0.1, 0.15) is 0 Å². The van der Waals surface area contributed by atoms with Crippen molar-refractivity contribution in [3.05, 3.63) is 59.1 Å². The highest BCUT2D eigenvalue weighted by molar-refractivity contribution is 8.00. The van der Waals surface area contributed by atoms with E-state index in [-0.39, 0.29) is 5.69 Å². The zero-order valence-electron chi connectivity index (χ0n) is 17.9. The number of methoxy groups -OCH3 is 1. The number of nitrogens with one attached hydrogen (secondary N) is 1. The molecule has 176 valence electrons. The monoisotopic (exact) mass is 498 g/mol. The molecule has 6 nitrogen and oxygen atoms in total. The molecule has 3 aromatic rings. The molecule has 0 radical (unpaired) electrons. The Labute approximate surface area is 198 Å². The minimum Gasteiger partial charge on any atom is -0.385 e. The van der Waals surface area contributed by atoms with Crippen LogP contribution in [0, 0.1) is 0 Å². The van der Waals surface area contributed by atoms with E-state index in [9.17, 15) is 18.0 Å². The van der Waals surface area contributed by atoms with Crippen LogP contribution in [0.15, 0.2) is 53.7 Å². The zero-order valence-corrected chi connectivity index (χ0v) is 19.5. The Morgan fingerprint density at radius 2 is 1.97 bits per heavy atom. The molecular weight excluding hydrogens is 477 g/mol. The van der Waals surface area contributed by atoms with E-state index in [1.807, 2.05) is 22.8 Å². The summed E-state index contributed by atoms with van der Waals surface area (Å²) in [5.41, 5.74) is -0.0551. The maximum absolute atomic E-state index is 12.9. The van der Waals surface area contributed by atoms with Crippen molar-refractivity contribution in [2.45, 2.75) is 36.5 Å². The van der Waals surface area contributed by atoms with Crippen molar-refractivity contribution in [3.8, 4) is 11.4 Å². The molecule has 11 heteroatoms. The van der Waals surface area contributed by atoms with Gasteiger partial charge >= 0.3 is 6.18 Å².